The third kappa shape index (κ3) is 6.84. The number of hydrogen-bond donors (Lipinski definition) is 2. The number of carbonyl (C=O) groups is 1. The molecule has 1 aromatic rings. The standard InChI is InChI=1S/C13H17F3N2O3/c1-18(8-9-19)12(20)17-7-6-10-2-4-11(5-3-10)21-13(14,15)16/h2-5,19H,6-9H2,1H3,(H,17,20). The van der Waals surface area contributed by atoms with Crippen molar-refractivity contribution in [1.82, 2.24) is 10.2 Å². The second kappa shape index (κ2) is 7.72. The number of nitrogens with one attached hydrogen (secondary N) is 1. The van der Waals surface area contributed by atoms with Gasteiger partial charge < -0.3 is 20.1 Å². The lowest BCUT2D eigenvalue weighted by molar-refractivity contribution is -0.274. The highest BCUT2D eigenvalue weighted by Gasteiger charge is 2.30. The minimum Gasteiger partial charge on any atom is -0.406 e. The Kier molecular flexibility index (Phi) is 6.29. The lowest BCUT2D eigenvalue weighted by Crippen LogP contribution is -2.39. The largest absolute Gasteiger partial charge is 0.573 e. The summed E-state index contributed by atoms with van der Waals surface area (Å²) in [4.78, 5) is 12.8. The number of aliphatic hydroxyl groups excluding tert-OH is 1. The van der Waals surface area contributed by atoms with Crippen LogP contribution < -0.4 is 10.1 Å². The first kappa shape index (κ1) is 17.1. The minimum atomic E-state index is -4.70. The van der Waals surface area contributed by atoms with Crippen molar-refractivity contribution in [3.05, 3.63) is 29.8 Å². The van der Waals surface area contributed by atoms with Crippen LogP contribution in [0.3, 0.4) is 0 Å². The molecule has 21 heavy (non-hydrogen) atoms. The summed E-state index contributed by atoms with van der Waals surface area (Å²) >= 11 is 0. The Hall–Kier alpha value is -1.96. The maximum absolute atomic E-state index is 12.0. The van der Waals surface area contributed by atoms with Gasteiger partial charge in [0, 0.05) is 20.1 Å². The molecule has 0 bridgehead atoms. The SMILES string of the molecule is CN(CCO)C(=O)NCCc1ccc(OC(F)(F)F)cc1. The van der Waals surface area contributed by atoms with E-state index in [0.717, 1.165) is 5.56 Å². The van der Waals surface area contributed by atoms with Crippen molar-refractivity contribution in [2.24, 2.45) is 0 Å². The maximum Gasteiger partial charge on any atom is 0.573 e. The Labute approximate surface area is 120 Å². The summed E-state index contributed by atoms with van der Waals surface area (Å²) in [5.74, 6) is -0.280. The fourth-order valence-electron chi connectivity index (χ4n) is 1.56. The van der Waals surface area contributed by atoms with E-state index in [0.29, 0.717) is 13.0 Å². The van der Waals surface area contributed by atoms with E-state index in [1.54, 1.807) is 7.05 Å². The molecule has 1 rings (SSSR count). The van der Waals surface area contributed by atoms with E-state index in [4.69, 9.17) is 5.11 Å². The number of halogens is 3. The average Bonchev–Trinajstić information content (AvgIpc) is 2.39. The maximum atomic E-state index is 12.0. The molecule has 2 N–H and O–H groups in total. The van der Waals surface area contributed by atoms with Crippen LogP contribution in [0.2, 0.25) is 0 Å². The van der Waals surface area contributed by atoms with Crippen molar-refractivity contribution in [1.29, 1.82) is 0 Å². The zero-order chi connectivity index (χ0) is 15.9. The Morgan fingerprint density at radius 3 is 2.48 bits per heavy atom. The van der Waals surface area contributed by atoms with Gasteiger partial charge >= 0.3 is 12.4 Å². The highest BCUT2D eigenvalue weighted by molar-refractivity contribution is 5.73. The molecule has 0 aliphatic rings. The van der Waals surface area contributed by atoms with Crippen LogP contribution in [0.25, 0.3) is 0 Å². The number of urea groups is 1. The van der Waals surface area contributed by atoms with Crippen LogP contribution in [-0.4, -0.2) is 49.1 Å². The van der Waals surface area contributed by atoms with E-state index >= 15 is 0 Å². The van der Waals surface area contributed by atoms with E-state index in [-0.39, 0.29) is 24.9 Å². The summed E-state index contributed by atoms with van der Waals surface area (Å²) in [5.41, 5.74) is 0.773. The fraction of sp³-hybridized carbons (Fsp3) is 0.462. The van der Waals surface area contributed by atoms with Crippen LogP contribution >= 0.6 is 0 Å². The van der Waals surface area contributed by atoms with E-state index < -0.39 is 6.36 Å². The summed E-state index contributed by atoms with van der Waals surface area (Å²) in [6.07, 6.45) is -4.22. The molecular weight excluding hydrogens is 289 g/mol. The molecule has 5 nitrogen and oxygen atoms in total. The number of amides is 2. The van der Waals surface area contributed by atoms with Gasteiger partial charge in [0.25, 0.3) is 0 Å². The molecule has 0 unspecified atom stereocenters. The number of alkyl halides is 3. The van der Waals surface area contributed by atoms with Crippen LogP contribution in [0, 0.1) is 0 Å². The quantitative estimate of drug-likeness (QED) is 0.842. The average molecular weight is 306 g/mol. The van der Waals surface area contributed by atoms with Crippen molar-refractivity contribution in [2.45, 2.75) is 12.8 Å². The molecule has 0 fully saturated rings. The number of likely N-dealkylation sites (N-methyl/N-ethyl adjacent to an activating group) is 1. The molecule has 1 aromatic carbocycles. The number of hydrogen-bond acceptors (Lipinski definition) is 3. The number of aliphatic hydroxyl groups is 1. The Morgan fingerprint density at radius 1 is 1.33 bits per heavy atom. The monoisotopic (exact) mass is 306 g/mol. The molecule has 0 saturated carbocycles. The normalized spacial score (nSPS) is 11.1. The second-order valence-electron chi connectivity index (χ2n) is 4.32. The highest BCUT2D eigenvalue weighted by atomic mass is 19.4. The first-order valence-corrected chi connectivity index (χ1v) is 6.26. The summed E-state index contributed by atoms with van der Waals surface area (Å²) in [6.45, 7) is 0.452. The third-order valence-corrected chi connectivity index (χ3v) is 2.63. The molecular formula is C13H17F3N2O3. The molecule has 0 saturated heterocycles. The third-order valence-electron chi connectivity index (χ3n) is 2.63. The van der Waals surface area contributed by atoms with E-state index in [1.165, 1.54) is 29.2 Å². The molecule has 0 radical (unpaired) electrons. The predicted molar refractivity (Wildman–Crippen MR) is 69.9 cm³/mol. The van der Waals surface area contributed by atoms with Crippen LogP contribution in [0.15, 0.2) is 24.3 Å². The predicted octanol–water partition coefficient (Wildman–Crippen LogP) is 1.76. The Bertz CT molecular complexity index is 449. The van der Waals surface area contributed by atoms with Gasteiger partial charge in [-0.3, -0.25) is 0 Å². The van der Waals surface area contributed by atoms with Gasteiger partial charge in [-0.2, -0.15) is 0 Å². The Balaban J connectivity index is 2.38. The molecule has 0 heterocycles. The topological polar surface area (TPSA) is 61.8 Å². The van der Waals surface area contributed by atoms with Crippen LogP contribution in [0.4, 0.5) is 18.0 Å². The summed E-state index contributed by atoms with van der Waals surface area (Å²) in [6, 6.07) is 5.14. The van der Waals surface area contributed by atoms with Crippen molar-refractivity contribution < 1.29 is 27.8 Å². The zero-order valence-electron chi connectivity index (χ0n) is 11.5. The van der Waals surface area contributed by atoms with Crippen LogP contribution in [0.5, 0.6) is 5.75 Å². The molecule has 8 heteroatoms. The Morgan fingerprint density at radius 2 is 1.95 bits per heavy atom. The molecule has 118 valence electrons. The molecule has 0 aromatic heterocycles. The van der Waals surface area contributed by atoms with Gasteiger partial charge in [-0.15, -0.1) is 13.2 Å². The second-order valence-corrected chi connectivity index (χ2v) is 4.32. The van der Waals surface area contributed by atoms with Crippen molar-refractivity contribution in [3.8, 4) is 5.75 Å². The zero-order valence-corrected chi connectivity index (χ0v) is 11.5. The molecule has 0 aliphatic carbocycles. The van der Waals surface area contributed by atoms with Gasteiger partial charge in [0.2, 0.25) is 0 Å². The smallest absolute Gasteiger partial charge is 0.406 e. The van der Waals surface area contributed by atoms with E-state index in [1.807, 2.05) is 0 Å². The van der Waals surface area contributed by atoms with Gasteiger partial charge in [-0.05, 0) is 24.1 Å². The number of benzene rings is 1. The summed E-state index contributed by atoms with van der Waals surface area (Å²) in [5, 5.41) is 11.3. The number of rotatable bonds is 6. The first-order chi connectivity index (χ1) is 9.81. The van der Waals surface area contributed by atoms with Gasteiger partial charge in [-0.1, -0.05) is 12.1 Å². The molecule has 0 atom stereocenters. The summed E-state index contributed by atoms with van der Waals surface area (Å²) < 4.78 is 39.7. The van der Waals surface area contributed by atoms with Crippen molar-refractivity contribution >= 4 is 6.03 Å². The van der Waals surface area contributed by atoms with Crippen molar-refractivity contribution in [3.63, 3.8) is 0 Å². The highest BCUT2D eigenvalue weighted by Crippen LogP contribution is 2.22. The van der Waals surface area contributed by atoms with Crippen molar-refractivity contribution in [2.75, 3.05) is 26.7 Å². The number of ether oxygens (including phenoxy) is 1. The van der Waals surface area contributed by atoms with Crippen LogP contribution in [-0.2, 0) is 6.42 Å². The van der Waals surface area contributed by atoms with Gasteiger partial charge in [0.05, 0.1) is 6.61 Å². The number of nitrogens with zero attached hydrogens (tertiary/aromatic N) is 1. The molecule has 0 spiro atoms. The summed E-state index contributed by atoms with van der Waals surface area (Å²) in [7, 11) is 1.55. The minimum absolute atomic E-state index is 0.120. The fourth-order valence-corrected chi connectivity index (χ4v) is 1.56. The van der Waals surface area contributed by atoms with Gasteiger partial charge in [0.15, 0.2) is 0 Å². The lowest BCUT2D eigenvalue weighted by Gasteiger charge is -2.16. The van der Waals surface area contributed by atoms with Gasteiger partial charge in [-0.25, -0.2) is 4.79 Å². The van der Waals surface area contributed by atoms with E-state index in [9.17, 15) is 18.0 Å². The lowest BCUT2D eigenvalue weighted by atomic mass is 10.1. The van der Waals surface area contributed by atoms with Crippen LogP contribution in [0.1, 0.15) is 5.56 Å². The molecule has 0 aliphatic heterocycles. The van der Waals surface area contributed by atoms with Gasteiger partial charge in [0.1, 0.15) is 5.75 Å². The van der Waals surface area contributed by atoms with E-state index in [2.05, 4.69) is 10.1 Å². The molecule has 2 amide bonds. The number of carbonyl (C=O) groups excluding carboxylic acids is 1. The first-order valence-electron chi connectivity index (χ1n) is 6.26.